The summed E-state index contributed by atoms with van der Waals surface area (Å²) >= 11 is 0. The van der Waals surface area contributed by atoms with Gasteiger partial charge in [-0.15, -0.1) is 0 Å². The van der Waals surface area contributed by atoms with Gasteiger partial charge >= 0.3 is 0 Å². The van der Waals surface area contributed by atoms with E-state index < -0.39 is 0 Å². The zero-order valence-corrected chi connectivity index (χ0v) is 16.3. The number of carbonyl (C=O) groups excluding carboxylic acids is 1. The molecular weight excluding hydrogens is 356 g/mol. The van der Waals surface area contributed by atoms with Crippen LogP contribution in [0.15, 0.2) is 85.0 Å². The molecule has 2 aliphatic carbocycles. The van der Waals surface area contributed by atoms with Gasteiger partial charge in [-0.2, -0.15) is 0 Å². The van der Waals surface area contributed by atoms with Gasteiger partial charge in [-0.1, -0.05) is 54.6 Å². The molecule has 0 radical (unpaired) electrons. The van der Waals surface area contributed by atoms with E-state index in [4.69, 9.17) is 4.74 Å². The molecule has 0 spiro atoms. The standard InChI is InChI=1S/C27H24O2/c28-27(14-7-19-5-8-21-3-1-2-4-23(21)15-19)22-10-12-26(13-11-22)29-18-25-17-20-6-9-24(25)16-20/h1-15,20,24-25H,16-18H2. The molecule has 5 rings (SSSR count). The first-order valence-corrected chi connectivity index (χ1v) is 10.4. The van der Waals surface area contributed by atoms with Crippen molar-refractivity contribution >= 4 is 22.6 Å². The molecule has 0 N–H and O–H groups in total. The van der Waals surface area contributed by atoms with Crippen molar-refractivity contribution in [1.82, 2.24) is 0 Å². The Morgan fingerprint density at radius 2 is 1.76 bits per heavy atom. The Morgan fingerprint density at radius 1 is 0.931 bits per heavy atom. The van der Waals surface area contributed by atoms with Crippen LogP contribution in [0.3, 0.4) is 0 Å². The number of ketones is 1. The number of rotatable bonds is 6. The average Bonchev–Trinajstić information content (AvgIpc) is 3.40. The smallest absolute Gasteiger partial charge is 0.185 e. The Hall–Kier alpha value is -3.13. The van der Waals surface area contributed by atoms with Crippen LogP contribution in [0.5, 0.6) is 5.75 Å². The third kappa shape index (κ3) is 3.88. The molecule has 3 aromatic rings. The topological polar surface area (TPSA) is 26.3 Å². The fourth-order valence-corrected chi connectivity index (χ4v) is 4.58. The summed E-state index contributed by atoms with van der Waals surface area (Å²) in [5.41, 5.74) is 1.70. The molecule has 1 saturated carbocycles. The maximum Gasteiger partial charge on any atom is 0.185 e. The van der Waals surface area contributed by atoms with Crippen molar-refractivity contribution in [2.45, 2.75) is 12.8 Å². The van der Waals surface area contributed by atoms with Crippen molar-refractivity contribution in [1.29, 1.82) is 0 Å². The third-order valence-electron chi connectivity index (χ3n) is 6.22. The van der Waals surface area contributed by atoms with E-state index in [1.807, 2.05) is 48.5 Å². The van der Waals surface area contributed by atoms with Crippen LogP contribution < -0.4 is 4.74 Å². The summed E-state index contributed by atoms with van der Waals surface area (Å²) in [6.45, 7) is 0.765. The van der Waals surface area contributed by atoms with Gasteiger partial charge in [0.05, 0.1) is 6.61 Å². The molecule has 0 aliphatic heterocycles. The molecule has 0 aromatic heterocycles. The van der Waals surface area contributed by atoms with Crippen LogP contribution >= 0.6 is 0 Å². The summed E-state index contributed by atoms with van der Waals surface area (Å²) in [6.07, 6.45) is 10.8. The van der Waals surface area contributed by atoms with Crippen LogP contribution in [-0.4, -0.2) is 12.4 Å². The van der Waals surface area contributed by atoms with Gasteiger partial charge in [0.1, 0.15) is 5.75 Å². The Morgan fingerprint density at radius 3 is 2.52 bits per heavy atom. The molecule has 1 fully saturated rings. The summed E-state index contributed by atoms with van der Waals surface area (Å²) in [5.74, 6) is 2.94. The first-order valence-electron chi connectivity index (χ1n) is 10.4. The van der Waals surface area contributed by atoms with Crippen molar-refractivity contribution in [3.63, 3.8) is 0 Å². The average molecular weight is 380 g/mol. The normalized spacial score (nSPS) is 22.6. The van der Waals surface area contributed by atoms with Gasteiger partial charge in [0.25, 0.3) is 0 Å². The number of benzene rings is 3. The highest BCUT2D eigenvalue weighted by Crippen LogP contribution is 2.43. The Balaban J connectivity index is 1.20. The van der Waals surface area contributed by atoms with Gasteiger partial charge in [-0.25, -0.2) is 0 Å². The summed E-state index contributed by atoms with van der Waals surface area (Å²) < 4.78 is 5.98. The third-order valence-corrected chi connectivity index (χ3v) is 6.22. The molecule has 144 valence electrons. The van der Waals surface area contributed by atoms with E-state index in [-0.39, 0.29) is 5.78 Å². The molecule has 2 heteroatoms. The van der Waals surface area contributed by atoms with E-state index in [1.54, 1.807) is 6.08 Å². The van der Waals surface area contributed by atoms with Crippen LogP contribution in [0.25, 0.3) is 16.8 Å². The van der Waals surface area contributed by atoms with Crippen LogP contribution in [-0.2, 0) is 0 Å². The monoisotopic (exact) mass is 380 g/mol. The zero-order chi connectivity index (χ0) is 19.6. The lowest BCUT2D eigenvalue weighted by atomic mass is 9.95. The Kier molecular flexibility index (Phi) is 4.77. The van der Waals surface area contributed by atoms with Crippen LogP contribution in [0.2, 0.25) is 0 Å². The number of hydrogen-bond acceptors (Lipinski definition) is 2. The van der Waals surface area contributed by atoms with Gasteiger partial charge in [-0.3, -0.25) is 4.79 Å². The number of hydrogen-bond donors (Lipinski definition) is 0. The molecule has 0 heterocycles. The van der Waals surface area contributed by atoms with Gasteiger partial charge < -0.3 is 4.74 Å². The number of carbonyl (C=O) groups is 1. The maximum absolute atomic E-state index is 12.5. The minimum absolute atomic E-state index is 0.00273. The lowest BCUT2D eigenvalue weighted by Crippen LogP contribution is -2.16. The van der Waals surface area contributed by atoms with Crippen molar-refractivity contribution in [2.75, 3.05) is 6.61 Å². The zero-order valence-electron chi connectivity index (χ0n) is 16.3. The molecule has 3 atom stereocenters. The van der Waals surface area contributed by atoms with Crippen LogP contribution in [0, 0.1) is 17.8 Å². The molecule has 3 aromatic carbocycles. The fraction of sp³-hybridized carbons (Fsp3) is 0.222. The lowest BCUT2D eigenvalue weighted by Gasteiger charge is -2.18. The second-order valence-corrected chi connectivity index (χ2v) is 8.18. The van der Waals surface area contributed by atoms with E-state index in [0.717, 1.165) is 23.8 Å². The van der Waals surface area contributed by atoms with Crippen molar-refractivity contribution in [2.24, 2.45) is 17.8 Å². The van der Waals surface area contributed by atoms with Crippen molar-refractivity contribution in [3.05, 3.63) is 96.1 Å². The molecule has 0 saturated heterocycles. The van der Waals surface area contributed by atoms with Gasteiger partial charge in [0.2, 0.25) is 0 Å². The van der Waals surface area contributed by atoms with E-state index >= 15 is 0 Å². The summed E-state index contributed by atoms with van der Waals surface area (Å²) in [5, 5.41) is 2.38. The van der Waals surface area contributed by atoms with Gasteiger partial charge in [-0.05, 0) is 83.3 Å². The second kappa shape index (κ2) is 7.71. The maximum atomic E-state index is 12.5. The van der Waals surface area contributed by atoms with E-state index in [2.05, 4.69) is 36.4 Å². The fourth-order valence-electron chi connectivity index (χ4n) is 4.58. The quantitative estimate of drug-likeness (QED) is 0.284. The molecule has 29 heavy (non-hydrogen) atoms. The first-order chi connectivity index (χ1) is 14.2. The Bertz CT molecular complexity index is 1090. The summed E-state index contributed by atoms with van der Waals surface area (Å²) in [6, 6.07) is 22.0. The molecular formula is C27H24O2. The van der Waals surface area contributed by atoms with E-state index in [9.17, 15) is 4.79 Å². The highest BCUT2D eigenvalue weighted by Gasteiger charge is 2.35. The van der Waals surface area contributed by atoms with E-state index in [0.29, 0.717) is 17.4 Å². The molecule has 0 amide bonds. The number of ether oxygens (including phenoxy) is 1. The highest BCUT2D eigenvalue weighted by molar-refractivity contribution is 6.07. The van der Waals surface area contributed by atoms with Crippen molar-refractivity contribution in [3.8, 4) is 5.75 Å². The van der Waals surface area contributed by atoms with Crippen molar-refractivity contribution < 1.29 is 9.53 Å². The molecule has 2 bridgehead atoms. The van der Waals surface area contributed by atoms with Crippen LogP contribution in [0.1, 0.15) is 28.8 Å². The number of allylic oxidation sites excluding steroid dienone is 3. The highest BCUT2D eigenvalue weighted by atomic mass is 16.5. The predicted molar refractivity (Wildman–Crippen MR) is 118 cm³/mol. The summed E-state index contributed by atoms with van der Waals surface area (Å²) in [7, 11) is 0. The summed E-state index contributed by atoms with van der Waals surface area (Å²) in [4.78, 5) is 12.5. The molecule has 2 aliphatic rings. The van der Waals surface area contributed by atoms with Gasteiger partial charge in [0, 0.05) is 5.56 Å². The minimum Gasteiger partial charge on any atom is -0.493 e. The first kappa shape index (κ1) is 17.9. The SMILES string of the molecule is O=C(C=Cc1ccc2ccccc2c1)c1ccc(OCC2CC3C=CC2C3)cc1. The van der Waals surface area contributed by atoms with Gasteiger partial charge in [0.15, 0.2) is 5.78 Å². The Labute approximate surface area is 171 Å². The number of fused-ring (bicyclic) bond motifs is 3. The molecule has 3 unspecified atom stereocenters. The largest absolute Gasteiger partial charge is 0.493 e. The van der Waals surface area contributed by atoms with E-state index in [1.165, 1.54) is 23.6 Å². The lowest BCUT2D eigenvalue weighted by molar-refractivity contribution is 0.104. The molecule has 2 nitrogen and oxygen atoms in total. The predicted octanol–water partition coefficient (Wildman–Crippen LogP) is 6.33. The second-order valence-electron chi connectivity index (χ2n) is 8.18. The van der Waals surface area contributed by atoms with Crippen LogP contribution in [0.4, 0.5) is 0 Å². The minimum atomic E-state index is 0.00273.